The Morgan fingerprint density at radius 3 is 1.83 bits per heavy atom. The predicted octanol–water partition coefficient (Wildman–Crippen LogP) is 5.84. The van der Waals surface area contributed by atoms with Crippen LogP contribution in [0.4, 0.5) is 0 Å². The van der Waals surface area contributed by atoms with Gasteiger partial charge in [0.05, 0.1) is 20.6 Å². The third-order valence-corrected chi connectivity index (χ3v) is 9.07. The average Bonchev–Trinajstić information content (AvgIpc) is 2.88. The summed E-state index contributed by atoms with van der Waals surface area (Å²) in [6.07, 6.45) is 25.1. The lowest BCUT2D eigenvalue weighted by molar-refractivity contribution is -0.883. The molecule has 244 valence electrons. The van der Waals surface area contributed by atoms with Crippen LogP contribution in [-0.4, -0.2) is 56.2 Å². The van der Waals surface area contributed by atoms with E-state index in [9.17, 15) is 9.59 Å². The number of carbonyl (C=O) groups excluding carboxylic acids is 2. The molecule has 0 aromatic carbocycles. The molecule has 1 aliphatic rings. The van der Waals surface area contributed by atoms with E-state index in [0.29, 0.717) is 41.7 Å². The van der Waals surface area contributed by atoms with Crippen molar-refractivity contribution < 1.29 is 31.2 Å². The first-order valence-electron chi connectivity index (χ1n) is 17.4. The standard InChI is InChI=1S/C35H68N2O3.ClH/c1-7-8-9-10-11-12-13-14-15-16-17-18-19-20-21-23-34(38)36-26-22-27-37(5,6)29-35(39)40-33-28-31(4)24-25-32(33)30(2)3;/h30-33H,7-29H2,1-6H3;1H/t31-,32+,33-;/m0./s1. The van der Waals surface area contributed by atoms with Gasteiger partial charge < -0.3 is 26.9 Å². The largest absolute Gasteiger partial charge is 1.00 e. The Bertz CT molecular complexity index is 655. The summed E-state index contributed by atoms with van der Waals surface area (Å²) in [5.41, 5.74) is 0. The quantitative estimate of drug-likeness (QED) is 0.0860. The number of carbonyl (C=O) groups is 2. The van der Waals surface area contributed by atoms with E-state index >= 15 is 0 Å². The van der Waals surface area contributed by atoms with Gasteiger partial charge in [-0.1, -0.05) is 124 Å². The zero-order chi connectivity index (χ0) is 29.6. The van der Waals surface area contributed by atoms with Crippen molar-refractivity contribution in [3.63, 3.8) is 0 Å². The molecule has 0 saturated heterocycles. The van der Waals surface area contributed by atoms with Crippen LogP contribution in [0.1, 0.15) is 156 Å². The smallest absolute Gasteiger partial charge is 0.362 e. The zero-order valence-electron chi connectivity index (χ0n) is 28.1. The van der Waals surface area contributed by atoms with Crippen molar-refractivity contribution in [2.45, 2.75) is 162 Å². The van der Waals surface area contributed by atoms with Crippen LogP contribution in [0.3, 0.4) is 0 Å². The van der Waals surface area contributed by atoms with Gasteiger partial charge in [-0.2, -0.15) is 0 Å². The number of hydrogen-bond acceptors (Lipinski definition) is 3. The van der Waals surface area contributed by atoms with E-state index in [-0.39, 0.29) is 30.4 Å². The molecule has 0 aliphatic heterocycles. The van der Waals surface area contributed by atoms with E-state index in [2.05, 4.69) is 47.1 Å². The molecule has 41 heavy (non-hydrogen) atoms. The van der Waals surface area contributed by atoms with E-state index in [0.717, 1.165) is 38.6 Å². The second kappa shape index (κ2) is 24.6. The molecule has 6 heteroatoms. The Balaban J connectivity index is 0.0000160. The molecule has 3 atom stereocenters. The fourth-order valence-electron chi connectivity index (χ4n) is 6.37. The molecule has 1 amide bonds. The SMILES string of the molecule is CCCCCCCCCCCCCCCCCC(=O)NCCC[N+](C)(C)CC(=O)O[C@H]1C[C@@H](C)CC[C@@H]1C(C)C.[Cl-]. The van der Waals surface area contributed by atoms with Crippen LogP contribution in [0.15, 0.2) is 0 Å². The normalized spacial score (nSPS) is 19.1. The fourth-order valence-corrected chi connectivity index (χ4v) is 6.37. The summed E-state index contributed by atoms with van der Waals surface area (Å²) in [7, 11) is 4.17. The number of quaternary nitrogens is 1. The maximum atomic E-state index is 12.8. The summed E-state index contributed by atoms with van der Waals surface area (Å²) in [4.78, 5) is 25.0. The summed E-state index contributed by atoms with van der Waals surface area (Å²) >= 11 is 0. The molecule has 0 aromatic rings. The van der Waals surface area contributed by atoms with Gasteiger partial charge in [0.1, 0.15) is 6.10 Å². The summed E-state index contributed by atoms with van der Waals surface area (Å²) in [6.45, 7) is 11.0. The topological polar surface area (TPSA) is 55.4 Å². The van der Waals surface area contributed by atoms with Crippen molar-refractivity contribution >= 4 is 11.9 Å². The molecular formula is C35H69ClN2O3. The molecule has 0 heterocycles. The Morgan fingerprint density at radius 2 is 1.32 bits per heavy atom. The highest BCUT2D eigenvalue weighted by molar-refractivity contribution is 5.75. The molecule has 1 rings (SSSR count). The maximum absolute atomic E-state index is 12.8. The Hall–Kier alpha value is -0.810. The van der Waals surface area contributed by atoms with Crippen molar-refractivity contribution in [1.29, 1.82) is 0 Å². The Morgan fingerprint density at radius 1 is 0.805 bits per heavy atom. The van der Waals surface area contributed by atoms with E-state index < -0.39 is 0 Å². The maximum Gasteiger partial charge on any atom is 0.362 e. The first-order valence-corrected chi connectivity index (χ1v) is 17.4. The molecule has 1 N–H and O–H groups in total. The summed E-state index contributed by atoms with van der Waals surface area (Å²) in [6, 6.07) is 0. The van der Waals surface area contributed by atoms with Crippen molar-refractivity contribution in [2.24, 2.45) is 17.8 Å². The number of likely N-dealkylation sites (N-methyl/N-ethyl adjacent to an activating group) is 1. The van der Waals surface area contributed by atoms with Gasteiger partial charge in [-0.3, -0.25) is 4.79 Å². The van der Waals surface area contributed by atoms with Crippen molar-refractivity contribution in [3.8, 4) is 0 Å². The van der Waals surface area contributed by atoms with Gasteiger partial charge in [-0.15, -0.1) is 0 Å². The van der Waals surface area contributed by atoms with Gasteiger partial charge >= 0.3 is 5.97 Å². The third-order valence-electron chi connectivity index (χ3n) is 9.07. The molecule has 0 aromatic heterocycles. The van der Waals surface area contributed by atoms with Crippen molar-refractivity contribution in [2.75, 3.05) is 33.7 Å². The summed E-state index contributed by atoms with van der Waals surface area (Å²) in [5.74, 6) is 1.76. The van der Waals surface area contributed by atoms with Gasteiger partial charge in [-0.25, -0.2) is 4.79 Å². The minimum absolute atomic E-state index is 0. The molecule has 0 bridgehead atoms. The van der Waals surface area contributed by atoms with E-state index in [1.165, 1.54) is 89.9 Å². The van der Waals surface area contributed by atoms with Crippen molar-refractivity contribution in [3.05, 3.63) is 0 Å². The van der Waals surface area contributed by atoms with Gasteiger partial charge in [-0.05, 0) is 37.0 Å². The van der Waals surface area contributed by atoms with Crippen LogP contribution in [0, 0.1) is 17.8 Å². The predicted molar refractivity (Wildman–Crippen MR) is 170 cm³/mol. The molecule has 1 saturated carbocycles. The summed E-state index contributed by atoms with van der Waals surface area (Å²) in [5, 5.41) is 3.08. The third kappa shape index (κ3) is 21.5. The van der Waals surface area contributed by atoms with Crippen molar-refractivity contribution in [1.82, 2.24) is 5.32 Å². The van der Waals surface area contributed by atoms with E-state index in [1.807, 2.05) is 0 Å². The fraction of sp³-hybridized carbons (Fsp3) is 0.943. The number of unbranched alkanes of at least 4 members (excludes halogenated alkanes) is 14. The lowest BCUT2D eigenvalue weighted by Crippen LogP contribution is -3.00. The van der Waals surface area contributed by atoms with Crippen LogP contribution >= 0.6 is 0 Å². The molecule has 1 aliphatic carbocycles. The van der Waals surface area contributed by atoms with E-state index in [4.69, 9.17) is 4.74 Å². The van der Waals surface area contributed by atoms with Gasteiger partial charge in [0.25, 0.3) is 0 Å². The lowest BCUT2D eigenvalue weighted by Gasteiger charge is -2.37. The number of ether oxygens (including phenoxy) is 1. The number of amides is 1. The number of nitrogens with zero attached hydrogens (tertiary/aromatic N) is 1. The van der Waals surface area contributed by atoms with Gasteiger partial charge in [0.2, 0.25) is 5.91 Å². The highest BCUT2D eigenvalue weighted by Crippen LogP contribution is 2.35. The second-order valence-electron chi connectivity index (χ2n) is 14.1. The number of hydrogen-bond donors (Lipinski definition) is 1. The minimum atomic E-state index is -0.0769. The van der Waals surface area contributed by atoms with Gasteiger partial charge in [0.15, 0.2) is 6.54 Å². The van der Waals surface area contributed by atoms with Crippen LogP contribution in [0.25, 0.3) is 0 Å². The molecule has 0 radical (unpaired) electrons. The monoisotopic (exact) mass is 600 g/mol. The summed E-state index contributed by atoms with van der Waals surface area (Å²) < 4.78 is 6.61. The van der Waals surface area contributed by atoms with Crippen LogP contribution in [0.2, 0.25) is 0 Å². The van der Waals surface area contributed by atoms with Crippen LogP contribution in [-0.2, 0) is 14.3 Å². The lowest BCUT2D eigenvalue weighted by atomic mass is 9.75. The molecule has 0 unspecified atom stereocenters. The minimum Gasteiger partial charge on any atom is -1.00 e. The Kier molecular flexibility index (Phi) is 24.1. The molecular weight excluding hydrogens is 532 g/mol. The van der Waals surface area contributed by atoms with E-state index in [1.54, 1.807) is 0 Å². The first kappa shape index (κ1) is 40.2. The highest BCUT2D eigenvalue weighted by Gasteiger charge is 2.34. The number of halogens is 1. The average molecular weight is 601 g/mol. The number of rotatable bonds is 24. The Labute approximate surface area is 261 Å². The molecule has 1 fully saturated rings. The van der Waals surface area contributed by atoms with Crippen LogP contribution in [0.5, 0.6) is 0 Å². The van der Waals surface area contributed by atoms with Gasteiger partial charge in [0, 0.05) is 19.4 Å². The second-order valence-corrected chi connectivity index (χ2v) is 14.1. The zero-order valence-corrected chi connectivity index (χ0v) is 28.9. The number of nitrogens with one attached hydrogen (secondary N) is 1. The van der Waals surface area contributed by atoms with Crippen LogP contribution < -0.4 is 17.7 Å². The first-order chi connectivity index (χ1) is 19.1. The highest BCUT2D eigenvalue weighted by atomic mass is 35.5. The molecule has 5 nitrogen and oxygen atoms in total. The number of esters is 1. The molecule has 0 spiro atoms.